The summed E-state index contributed by atoms with van der Waals surface area (Å²) < 4.78 is 5.61. The standard InChI is InChI=1S/C10H11BrN2O2/c1-2-7(5-6-12)13-10(14)8-3-4-9(11)15-8/h3-4,7H,2,5H2,1H3,(H,13,14). The lowest BCUT2D eigenvalue weighted by Gasteiger charge is -2.11. The molecule has 1 aromatic heterocycles. The van der Waals surface area contributed by atoms with Crippen LogP contribution in [0.25, 0.3) is 0 Å². The summed E-state index contributed by atoms with van der Waals surface area (Å²) in [7, 11) is 0. The Balaban J connectivity index is 2.59. The van der Waals surface area contributed by atoms with Gasteiger partial charge in [0.1, 0.15) is 0 Å². The summed E-state index contributed by atoms with van der Waals surface area (Å²) >= 11 is 3.12. The molecule has 0 aliphatic carbocycles. The van der Waals surface area contributed by atoms with Gasteiger partial charge in [-0.2, -0.15) is 5.26 Å². The third-order valence-corrected chi connectivity index (χ3v) is 2.39. The van der Waals surface area contributed by atoms with Crippen molar-refractivity contribution in [3.63, 3.8) is 0 Å². The van der Waals surface area contributed by atoms with Crippen molar-refractivity contribution in [1.29, 1.82) is 5.26 Å². The number of nitrogens with zero attached hydrogens (tertiary/aromatic N) is 1. The van der Waals surface area contributed by atoms with Gasteiger partial charge in [-0.05, 0) is 34.5 Å². The van der Waals surface area contributed by atoms with E-state index in [4.69, 9.17) is 9.68 Å². The van der Waals surface area contributed by atoms with Crippen molar-refractivity contribution in [2.24, 2.45) is 0 Å². The number of rotatable bonds is 4. The molecule has 0 aliphatic rings. The molecular weight excluding hydrogens is 260 g/mol. The van der Waals surface area contributed by atoms with E-state index in [0.29, 0.717) is 11.1 Å². The molecule has 0 aliphatic heterocycles. The number of halogens is 1. The first kappa shape index (κ1) is 11.8. The van der Waals surface area contributed by atoms with Gasteiger partial charge in [0.25, 0.3) is 5.91 Å². The second-order valence-electron chi connectivity index (χ2n) is 3.04. The molecule has 0 aromatic carbocycles. The van der Waals surface area contributed by atoms with Gasteiger partial charge in [0.05, 0.1) is 12.5 Å². The summed E-state index contributed by atoms with van der Waals surface area (Å²) in [6.07, 6.45) is 1.03. The summed E-state index contributed by atoms with van der Waals surface area (Å²) in [6.45, 7) is 1.92. The van der Waals surface area contributed by atoms with Crippen molar-refractivity contribution >= 4 is 21.8 Å². The normalized spacial score (nSPS) is 11.8. The Kier molecular flexibility index (Phi) is 4.37. The highest BCUT2D eigenvalue weighted by Crippen LogP contribution is 2.14. The fourth-order valence-corrected chi connectivity index (χ4v) is 1.41. The Bertz CT molecular complexity index is 381. The van der Waals surface area contributed by atoms with Crippen molar-refractivity contribution in [3.05, 3.63) is 22.6 Å². The highest BCUT2D eigenvalue weighted by atomic mass is 79.9. The van der Waals surface area contributed by atoms with Crippen LogP contribution in [0.15, 0.2) is 21.2 Å². The van der Waals surface area contributed by atoms with Gasteiger partial charge in [0.2, 0.25) is 0 Å². The first-order valence-electron chi connectivity index (χ1n) is 4.60. The molecule has 0 radical (unpaired) electrons. The maximum atomic E-state index is 11.6. The lowest BCUT2D eigenvalue weighted by atomic mass is 10.1. The van der Waals surface area contributed by atoms with E-state index in [2.05, 4.69) is 21.2 Å². The van der Waals surface area contributed by atoms with E-state index < -0.39 is 0 Å². The molecule has 0 saturated heterocycles. The minimum atomic E-state index is -0.289. The first-order valence-corrected chi connectivity index (χ1v) is 5.39. The maximum Gasteiger partial charge on any atom is 0.287 e. The van der Waals surface area contributed by atoms with E-state index >= 15 is 0 Å². The zero-order valence-electron chi connectivity index (χ0n) is 8.29. The molecule has 80 valence electrons. The molecule has 1 atom stereocenters. The van der Waals surface area contributed by atoms with Gasteiger partial charge in [0, 0.05) is 6.04 Å². The van der Waals surface area contributed by atoms with Gasteiger partial charge in [-0.3, -0.25) is 4.79 Å². The predicted molar refractivity (Wildman–Crippen MR) is 58.2 cm³/mol. The Morgan fingerprint density at radius 3 is 2.93 bits per heavy atom. The molecule has 0 spiro atoms. The number of hydrogen-bond acceptors (Lipinski definition) is 3. The van der Waals surface area contributed by atoms with Gasteiger partial charge in [-0.15, -0.1) is 0 Å². The Morgan fingerprint density at radius 2 is 2.47 bits per heavy atom. The molecule has 1 heterocycles. The largest absolute Gasteiger partial charge is 0.444 e. The topological polar surface area (TPSA) is 66.0 Å². The Morgan fingerprint density at radius 1 is 1.73 bits per heavy atom. The lowest BCUT2D eigenvalue weighted by molar-refractivity contribution is 0.0907. The molecule has 0 fully saturated rings. The van der Waals surface area contributed by atoms with Crippen LogP contribution in [0.4, 0.5) is 0 Å². The molecule has 1 unspecified atom stereocenters. The molecule has 1 N–H and O–H groups in total. The maximum absolute atomic E-state index is 11.6. The van der Waals surface area contributed by atoms with Gasteiger partial charge >= 0.3 is 0 Å². The van der Waals surface area contributed by atoms with Crippen LogP contribution >= 0.6 is 15.9 Å². The molecule has 5 heteroatoms. The summed E-state index contributed by atoms with van der Waals surface area (Å²) in [5.74, 6) is -0.0407. The Hall–Kier alpha value is -1.28. The van der Waals surface area contributed by atoms with Crippen molar-refractivity contribution in [2.45, 2.75) is 25.8 Å². The van der Waals surface area contributed by atoms with Crippen LogP contribution in [0, 0.1) is 11.3 Å². The van der Waals surface area contributed by atoms with E-state index in [1.807, 2.05) is 13.0 Å². The third-order valence-electron chi connectivity index (χ3n) is 1.96. The van der Waals surface area contributed by atoms with Crippen LogP contribution in [0.1, 0.15) is 30.3 Å². The zero-order valence-corrected chi connectivity index (χ0v) is 9.87. The van der Waals surface area contributed by atoms with Crippen LogP contribution in [0.2, 0.25) is 0 Å². The molecule has 4 nitrogen and oxygen atoms in total. The minimum Gasteiger partial charge on any atom is -0.444 e. The lowest BCUT2D eigenvalue weighted by Crippen LogP contribution is -2.33. The zero-order chi connectivity index (χ0) is 11.3. The fourth-order valence-electron chi connectivity index (χ4n) is 1.10. The number of hydrogen-bond donors (Lipinski definition) is 1. The minimum absolute atomic E-state index is 0.119. The quantitative estimate of drug-likeness (QED) is 0.914. The van der Waals surface area contributed by atoms with Gasteiger partial charge in [-0.1, -0.05) is 6.92 Å². The van der Waals surface area contributed by atoms with Gasteiger partial charge in [0.15, 0.2) is 10.4 Å². The SMILES string of the molecule is CCC(CC#N)NC(=O)c1ccc(Br)o1. The van der Waals surface area contributed by atoms with Crippen LogP contribution < -0.4 is 5.32 Å². The average Bonchev–Trinajstić information content (AvgIpc) is 2.64. The number of furan rings is 1. The number of nitriles is 1. The van der Waals surface area contributed by atoms with E-state index in [9.17, 15) is 4.79 Å². The van der Waals surface area contributed by atoms with Gasteiger partial charge < -0.3 is 9.73 Å². The van der Waals surface area contributed by atoms with Crippen molar-refractivity contribution < 1.29 is 9.21 Å². The summed E-state index contributed by atoms with van der Waals surface area (Å²) in [5.41, 5.74) is 0. The molecule has 0 saturated carbocycles. The van der Waals surface area contributed by atoms with E-state index in [1.54, 1.807) is 12.1 Å². The van der Waals surface area contributed by atoms with Crippen LogP contribution in [-0.4, -0.2) is 11.9 Å². The monoisotopic (exact) mass is 270 g/mol. The van der Waals surface area contributed by atoms with Crippen molar-refractivity contribution in [1.82, 2.24) is 5.32 Å². The van der Waals surface area contributed by atoms with Crippen LogP contribution in [0.3, 0.4) is 0 Å². The van der Waals surface area contributed by atoms with E-state index in [0.717, 1.165) is 6.42 Å². The predicted octanol–water partition coefficient (Wildman–Crippen LogP) is 2.46. The summed E-state index contributed by atoms with van der Waals surface area (Å²) in [4.78, 5) is 11.6. The summed E-state index contributed by atoms with van der Waals surface area (Å²) in [6, 6.07) is 5.14. The van der Waals surface area contributed by atoms with Gasteiger partial charge in [-0.25, -0.2) is 0 Å². The number of amides is 1. The highest BCUT2D eigenvalue weighted by Gasteiger charge is 2.14. The highest BCUT2D eigenvalue weighted by molar-refractivity contribution is 9.10. The molecule has 0 bridgehead atoms. The first-order chi connectivity index (χ1) is 7.17. The Labute approximate surface area is 96.4 Å². The van der Waals surface area contributed by atoms with Crippen LogP contribution in [0.5, 0.6) is 0 Å². The number of nitrogens with one attached hydrogen (secondary N) is 1. The molecule has 1 rings (SSSR count). The fraction of sp³-hybridized carbons (Fsp3) is 0.400. The molecular formula is C10H11BrN2O2. The third kappa shape index (κ3) is 3.40. The summed E-state index contributed by atoms with van der Waals surface area (Å²) in [5, 5.41) is 11.2. The van der Waals surface area contributed by atoms with Crippen molar-refractivity contribution in [2.75, 3.05) is 0 Å². The van der Waals surface area contributed by atoms with Crippen molar-refractivity contribution in [3.8, 4) is 6.07 Å². The molecule has 1 amide bonds. The molecule has 1 aromatic rings. The van der Waals surface area contributed by atoms with E-state index in [-0.39, 0.29) is 17.7 Å². The smallest absolute Gasteiger partial charge is 0.287 e. The van der Waals surface area contributed by atoms with Crippen LogP contribution in [-0.2, 0) is 0 Å². The molecule has 15 heavy (non-hydrogen) atoms. The second-order valence-corrected chi connectivity index (χ2v) is 3.83. The average molecular weight is 271 g/mol. The number of carbonyl (C=O) groups excluding carboxylic acids is 1. The number of carbonyl (C=O) groups is 1. The van der Waals surface area contributed by atoms with E-state index in [1.165, 1.54) is 0 Å². The second kappa shape index (κ2) is 5.56.